The van der Waals surface area contributed by atoms with E-state index in [4.69, 9.17) is 0 Å². The molecule has 0 radical (unpaired) electrons. The van der Waals surface area contributed by atoms with Crippen LogP contribution in [0.25, 0.3) is 11.3 Å². The highest BCUT2D eigenvalue weighted by Gasteiger charge is 2.16. The molecule has 6 heteroatoms. The normalized spacial score (nSPS) is 10.1. The molecule has 0 saturated carbocycles. The van der Waals surface area contributed by atoms with E-state index >= 15 is 0 Å². The Bertz CT molecular complexity index is 435. The van der Waals surface area contributed by atoms with Crippen LogP contribution in [0.1, 0.15) is 10.5 Å². The molecular formula is C8H7N3O2S. The van der Waals surface area contributed by atoms with Gasteiger partial charge in [0.05, 0.1) is 30.1 Å². The van der Waals surface area contributed by atoms with Crippen molar-refractivity contribution in [3.05, 3.63) is 22.8 Å². The van der Waals surface area contributed by atoms with Crippen LogP contribution in [-0.4, -0.2) is 28.3 Å². The summed E-state index contributed by atoms with van der Waals surface area (Å²) in [7, 11) is 1.33. The van der Waals surface area contributed by atoms with Gasteiger partial charge in [-0.1, -0.05) is 0 Å². The maximum Gasteiger partial charge on any atom is 0.356 e. The van der Waals surface area contributed by atoms with E-state index < -0.39 is 5.97 Å². The first-order valence-electron chi connectivity index (χ1n) is 3.83. The van der Waals surface area contributed by atoms with Gasteiger partial charge < -0.3 is 4.74 Å². The molecule has 5 nitrogen and oxygen atoms in total. The van der Waals surface area contributed by atoms with Gasteiger partial charge >= 0.3 is 5.97 Å². The predicted octanol–water partition coefficient (Wildman–Crippen LogP) is 1.32. The first kappa shape index (κ1) is 8.89. The van der Waals surface area contributed by atoms with Gasteiger partial charge in [-0.15, -0.1) is 11.3 Å². The van der Waals surface area contributed by atoms with Gasteiger partial charge in [-0.05, 0) is 0 Å². The third-order valence-electron chi connectivity index (χ3n) is 1.74. The Kier molecular flexibility index (Phi) is 2.28. The second-order valence-corrected chi connectivity index (χ2v) is 3.24. The average molecular weight is 209 g/mol. The van der Waals surface area contributed by atoms with Gasteiger partial charge in [0.2, 0.25) is 0 Å². The van der Waals surface area contributed by atoms with Crippen molar-refractivity contribution < 1.29 is 9.53 Å². The number of ether oxygens (including phenoxy) is 1. The highest BCUT2D eigenvalue weighted by atomic mass is 32.1. The fourth-order valence-electron chi connectivity index (χ4n) is 1.08. The number of aromatic amines is 1. The Morgan fingerprint density at radius 2 is 2.50 bits per heavy atom. The zero-order valence-electron chi connectivity index (χ0n) is 7.35. The molecule has 2 rings (SSSR count). The summed E-state index contributed by atoms with van der Waals surface area (Å²) in [5, 5.41) is 8.22. The molecule has 14 heavy (non-hydrogen) atoms. The summed E-state index contributed by atoms with van der Waals surface area (Å²) < 4.78 is 4.60. The summed E-state index contributed by atoms with van der Waals surface area (Å²) in [6.45, 7) is 0. The number of hydrogen-bond acceptors (Lipinski definition) is 5. The maximum atomic E-state index is 11.3. The van der Waals surface area contributed by atoms with E-state index in [0.717, 1.165) is 5.69 Å². The van der Waals surface area contributed by atoms with Crippen molar-refractivity contribution >= 4 is 17.3 Å². The fraction of sp³-hybridized carbons (Fsp3) is 0.125. The second kappa shape index (κ2) is 3.59. The van der Waals surface area contributed by atoms with Gasteiger partial charge in [-0.3, -0.25) is 5.10 Å². The minimum absolute atomic E-state index is 0.332. The predicted molar refractivity (Wildman–Crippen MR) is 51.0 cm³/mol. The van der Waals surface area contributed by atoms with Crippen molar-refractivity contribution in [2.75, 3.05) is 7.11 Å². The van der Waals surface area contributed by atoms with E-state index in [-0.39, 0.29) is 0 Å². The topological polar surface area (TPSA) is 67.9 Å². The number of nitrogens with one attached hydrogen (secondary N) is 1. The number of aromatic nitrogens is 3. The van der Waals surface area contributed by atoms with E-state index in [1.807, 2.05) is 5.38 Å². The number of esters is 1. The molecule has 0 aliphatic heterocycles. The minimum Gasteiger partial charge on any atom is -0.464 e. The molecule has 2 aromatic heterocycles. The molecule has 0 atom stereocenters. The molecule has 0 bridgehead atoms. The Balaban J connectivity index is 2.45. The smallest absolute Gasteiger partial charge is 0.356 e. The second-order valence-electron chi connectivity index (χ2n) is 2.52. The van der Waals surface area contributed by atoms with Crippen LogP contribution in [0.4, 0.5) is 0 Å². The van der Waals surface area contributed by atoms with Crippen LogP contribution >= 0.6 is 11.3 Å². The summed E-state index contributed by atoms with van der Waals surface area (Å²) in [6.07, 6.45) is 1.56. The molecular weight excluding hydrogens is 202 g/mol. The van der Waals surface area contributed by atoms with Crippen LogP contribution in [-0.2, 0) is 4.74 Å². The summed E-state index contributed by atoms with van der Waals surface area (Å²) in [6, 6.07) is 0. The molecule has 72 valence electrons. The summed E-state index contributed by atoms with van der Waals surface area (Å²) in [5.41, 5.74) is 3.42. The molecule has 0 aliphatic carbocycles. The summed E-state index contributed by atoms with van der Waals surface area (Å²) in [4.78, 5) is 15.4. The van der Waals surface area contributed by atoms with Crippen molar-refractivity contribution in [2.24, 2.45) is 0 Å². The molecule has 0 unspecified atom stereocenters. The van der Waals surface area contributed by atoms with E-state index in [1.54, 1.807) is 11.7 Å². The minimum atomic E-state index is -0.439. The lowest BCUT2D eigenvalue weighted by atomic mass is 10.2. The lowest BCUT2D eigenvalue weighted by molar-refractivity contribution is 0.0595. The number of rotatable bonds is 2. The Hall–Kier alpha value is -1.69. The average Bonchev–Trinajstić information content (AvgIpc) is 2.85. The van der Waals surface area contributed by atoms with Gasteiger partial charge in [0.25, 0.3) is 0 Å². The lowest BCUT2D eigenvalue weighted by Crippen LogP contribution is -2.03. The van der Waals surface area contributed by atoms with Crippen LogP contribution in [0.3, 0.4) is 0 Å². The molecule has 0 aliphatic rings. The number of thiazole rings is 1. The Morgan fingerprint density at radius 3 is 3.14 bits per heavy atom. The van der Waals surface area contributed by atoms with Gasteiger partial charge in [0.1, 0.15) is 0 Å². The monoisotopic (exact) mass is 209 g/mol. The van der Waals surface area contributed by atoms with E-state index in [1.165, 1.54) is 18.4 Å². The van der Waals surface area contributed by atoms with Gasteiger partial charge in [-0.2, -0.15) is 5.10 Å². The Labute approximate surface area is 83.8 Å². The molecule has 0 amide bonds. The first-order chi connectivity index (χ1) is 6.83. The molecule has 2 aromatic rings. The molecule has 0 fully saturated rings. The van der Waals surface area contributed by atoms with E-state index in [9.17, 15) is 4.79 Å². The Morgan fingerprint density at radius 1 is 1.64 bits per heavy atom. The number of carbonyl (C=O) groups excluding carboxylic acids is 1. The maximum absolute atomic E-state index is 11.3. The third-order valence-corrected chi connectivity index (χ3v) is 2.32. The van der Waals surface area contributed by atoms with Crippen molar-refractivity contribution in [3.8, 4) is 11.3 Å². The quantitative estimate of drug-likeness (QED) is 0.757. The molecule has 0 saturated heterocycles. The highest BCUT2D eigenvalue weighted by molar-refractivity contribution is 7.07. The van der Waals surface area contributed by atoms with Crippen molar-refractivity contribution in [2.45, 2.75) is 0 Å². The molecule has 0 spiro atoms. The number of hydrogen-bond donors (Lipinski definition) is 1. The van der Waals surface area contributed by atoms with E-state index in [2.05, 4.69) is 19.9 Å². The van der Waals surface area contributed by atoms with Crippen LogP contribution < -0.4 is 0 Å². The summed E-state index contributed by atoms with van der Waals surface area (Å²) >= 11 is 1.46. The van der Waals surface area contributed by atoms with Crippen LogP contribution in [0.2, 0.25) is 0 Å². The zero-order valence-corrected chi connectivity index (χ0v) is 8.17. The molecule has 1 N–H and O–H groups in total. The highest BCUT2D eigenvalue weighted by Crippen LogP contribution is 2.21. The zero-order chi connectivity index (χ0) is 9.97. The van der Waals surface area contributed by atoms with Crippen LogP contribution in [0.5, 0.6) is 0 Å². The fourth-order valence-corrected chi connectivity index (χ4v) is 1.64. The summed E-state index contributed by atoms with van der Waals surface area (Å²) in [5.74, 6) is -0.439. The SMILES string of the molecule is COC(=O)c1[nH]ncc1-c1cscn1. The standard InChI is InChI=1S/C8H7N3O2S/c1-13-8(12)7-5(2-10-11-7)6-3-14-4-9-6/h2-4H,1H3,(H,10,11). The number of nitrogens with zero attached hydrogens (tertiary/aromatic N) is 2. The largest absolute Gasteiger partial charge is 0.464 e. The third kappa shape index (κ3) is 1.39. The van der Waals surface area contributed by atoms with Gasteiger partial charge in [-0.25, -0.2) is 9.78 Å². The van der Waals surface area contributed by atoms with Gasteiger partial charge in [0, 0.05) is 5.38 Å². The van der Waals surface area contributed by atoms with E-state index in [0.29, 0.717) is 11.3 Å². The van der Waals surface area contributed by atoms with Crippen molar-refractivity contribution in [1.29, 1.82) is 0 Å². The first-order valence-corrected chi connectivity index (χ1v) is 4.77. The van der Waals surface area contributed by atoms with Crippen LogP contribution in [0, 0.1) is 0 Å². The van der Waals surface area contributed by atoms with Crippen molar-refractivity contribution in [1.82, 2.24) is 15.2 Å². The number of carbonyl (C=O) groups is 1. The number of methoxy groups -OCH3 is 1. The lowest BCUT2D eigenvalue weighted by Gasteiger charge is -1.97. The molecule has 0 aromatic carbocycles. The molecule has 2 heterocycles. The number of H-pyrrole nitrogens is 1. The van der Waals surface area contributed by atoms with Gasteiger partial charge in [0.15, 0.2) is 5.69 Å². The van der Waals surface area contributed by atoms with Crippen LogP contribution in [0.15, 0.2) is 17.1 Å². The van der Waals surface area contributed by atoms with Crippen molar-refractivity contribution in [3.63, 3.8) is 0 Å².